The summed E-state index contributed by atoms with van der Waals surface area (Å²) in [7, 11) is 2.17. The molecule has 8 N–H and O–H groups in total. The number of hydrogen-bond donors (Lipinski definition) is 8. The van der Waals surface area contributed by atoms with Gasteiger partial charge in [0.25, 0.3) is 0 Å². The summed E-state index contributed by atoms with van der Waals surface area (Å²) >= 11 is 3.41. The summed E-state index contributed by atoms with van der Waals surface area (Å²) in [6.07, 6.45) is 9.16. The van der Waals surface area contributed by atoms with Gasteiger partial charge in [0.15, 0.2) is 0 Å². The Balaban J connectivity index is 0.000000175. The maximum absolute atomic E-state index is 13.5. The maximum atomic E-state index is 13.5. The summed E-state index contributed by atoms with van der Waals surface area (Å²) in [5.41, 5.74) is 9.65. The van der Waals surface area contributed by atoms with Gasteiger partial charge in [0, 0.05) is 17.6 Å². The van der Waals surface area contributed by atoms with E-state index in [1.54, 1.807) is 39.5 Å². The number of ether oxygens (including phenoxy) is 2. The molecular weight excluding hydrogens is 1470 g/mol. The van der Waals surface area contributed by atoms with Crippen molar-refractivity contribution in [1.82, 2.24) is 80.7 Å². The Morgan fingerprint density at radius 1 is 0.509 bits per heavy atom. The number of likely N-dealkylation sites (tertiary alicyclic amines) is 2. The minimum Gasteiger partial charge on any atom is -0.453 e. The fraction of sp³-hybridized carbons (Fsp3) is 0.450. The molecule has 4 aromatic heterocycles. The highest BCUT2D eigenvalue weighted by Crippen LogP contribution is 2.39. The number of methoxy groups -OCH3 is 2. The Hall–Kier alpha value is -10.5. The highest BCUT2D eigenvalue weighted by atomic mass is 79.9. The molecule has 0 bridgehead atoms. The van der Waals surface area contributed by atoms with Crippen molar-refractivity contribution >= 4 is 76.1 Å². The van der Waals surface area contributed by atoms with Gasteiger partial charge in [-0.05, 0) is 128 Å². The molecule has 0 radical (unpaired) electrons. The number of nitrogens with zero attached hydrogens (tertiary/aromatic N) is 8. The molecule has 13 rings (SSSR count). The van der Waals surface area contributed by atoms with Crippen LogP contribution in [-0.2, 0) is 60.6 Å². The van der Waals surface area contributed by atoms with Crippen LogP contribution in [0.5, 0.6) is 0 Å². The zero-order chi connectivity index (χ0) is 79.0. The van der Waals surface area contributed by atoms with Crippen molar-refractivity contribution in [2.45, 2.75) is 169 Å². The molecule has 8 aromatic rings. The highest BCUT2D eigenvalue weighted by molar-refractivity contribution is 9.10. The number of nitrogens with one attached hydrogen (secondary N) is 8. The molecule has 5 saturated heterocycles. The van der Waals surface area contributed by atoms with Crippen LogP contribution in [0.15, 0.2) is 126 Å². The van der Waals surface area contributed by atoms with Gasteiger partial charge in [-0.25, -0.2) is 29.5 Å². The summed E-state index contributed by atoms with van der Waals surface area (Å²) in [4.78, 5) is 138. The van der Waals surface area contributed by atoms with Crippen molar-refractivity contribution in [2.75, 3.05) is 40.4 Å². The monoisotopic (exact) mass is 1570 g/mol. The molecule has 0 aliphatic carbocycles. The first kappa shape index (κ1) is 80.6. The topological polar surface area (TPSA) is 349 Å². The van der Waals surface area contributed by atoms with Crippen LogP contribution >= 0.6 is 15.9 Å². The van der Waals surface area contributed by atoms with Crippen LogP contribution in [0.4, 0.5) is 9.59 Å². The standard InChI is InChI=1S/C37H44N8O5.C26H37BN4O5.C17H19BrN4O2/c1-21(2)32-35(47)44(20-31(46)42-32)19-30-38-17-27(40-30)25-12-8-23(9-13-25)24-10-14-26(15-11-24)28-18-39-34(41-28)29-7-6-16-45(29)36(48)33(22(3)4)43-37(49)50-5;1-16(2)21(30-24(33)34-7)23(32)31-14-8-9-20(31)22-28-15-19(29-22)17-10-12-18(13-11-17)27-35-25(3,4)26(5,6)36-27;1-10(2)16-17(24)22(9-15(23)21-16)8-14-19-7-13(20-14)11-3-5-12(18)6-4-11/h8-15,17-18,21-22,29,32-33H,6-7,16,19-20H2,1-5H3,(H,38,40)(H,39,41)(H,42,46)(H,43,49);10-13,15-16,20-21H,8-9,14H2,1-7H3,(H,28,29)(H,30,33);3-7,10,16H,8-9H2,1-2H3,(H,19,20)(H,21,23)/t29-,32-,33-;20-,21-;16-/m000/s1. The smallest absolute Gasteiger partial charge is 0.453 e. The Labute approximate surface area is 649 Å². The summed E-state index contributed by atoms with van der Waals surface area (Å²) in [5, 5.41) is 10.9. The Morgan fingerprint density at radius 2 is 0.845 bits per heavy atom. The third-order valence-electron chi connectivity index (χ3n) is 21.0. The molecule has 5 fully saturated rings. The number of aromatic nitrogens is 8. The summed E-state index contributed by atoms with van der Waals surface area (Å²) in [6, 6.07) is 29.6. The number of H-pyrrole nitrogens is 4. The number of carbonyl (C=O) groups excluding carboxylic acids is 8. The van der Waals surface area contributed by atoms with E-state index >= 15 is 0 Å². The SMILES string of the molecule is CC(C)[C@@H]1NC(=O)CN(Cc2ncc(-c3ccc(Br)cc3)[nH]2)C1=O.COC(=O)N[C@H](C(=O)N1CCC[C@H]1c1ncc(-c2ccc(-c3ccc(-c4cnc(CN5CC(=O)N[C@@H](C(C)C)C5=O)[nH]4)cc3)cc2)[nH]1)C(C)C.COC(=O)N[C@H](C(=O)N1CCC[C@H]1c1ncc(-c2ccc(B3OC(C)(C)C(C)(C)O3)cc2)[nH]1)C(C)C. The average Bonchev–Trinajstić information content (AvgIpc) is 1.62. The van der Waals surface area contributed by atoms with Gasteiger partial charge in [0.2, 0.25) is 35.4 Å². The second-order valence-electron chi connectivity index (χ2n) is 30.8. The molecule has 6 atom stereocenters. The van der Waals surface area contributed by atoms with E-state index < -0.39 is 43.5 Å². The lowest BCUT2D eigenvalue weighted by atomic mass is 9.79. The van der Waals surface area contributed by atoms with Crippen LogP contribution in [0.2, 0.25) is 0 Å². The fourth-order valence-electron chi connectivity index (χ4n) is 14.0. The average molecular weight is 1570 g/mol. The normalized spacial score (nSPS) is 19.4. The molecule has 28 nitrogen and oxygen atoms in total. The van der Waals surface area contributed by atoms with Crippen molar-refractivity contribution in [2.24, 2.45) is 23.7 Å². The number of hydrogen-bond acceptors (Lipinski definition) is 16. The van der Waals surface area contributed by atoms with E-state index in [4.69, 9.17) is 18.8 Å². The summed E-state index contributed by atoms with van der Waals surface area (Å²) < 4.78 is 22.8. The van der Waals surface area contributed by atoms with Crippen LogP contribution in [0.25, 0.3) is 56.2 Å². The maximum Gasteiger partial charge on any atom is 0.494 e. The van der Waals surface area contributed by atoms with Gasteiger partial charge in [0.1, 0.15) is 60.6 Å². The summed E-state index contributed by atoms with van der Waals surface area (Å²) in [5.74, 6) is 1.91. The van der Waals surface area contributed by atoms with Gasteiger partial charge in [-0.2, -0.15) is 0 Å². The lowest BCUT2D eigenvalue weighted by Crippen LogP contribution is -2.59. The first-order valence-corrected chi connectivity index (χ1v) is 38.3. The molecule has 0 unspecified atom stereocenters. The molecule has 8 amide bonds. The number of alkyl carbamates (subject to hydrolysis) is 2. The zero-order valence-corrected chi connectivity index (χ0v) is 66.4. The van der Waals surface area contributed by atoms with E-state index in [2.05, 4.69) is 101 Å². The van der Waals surface area contributed by atoms with Gasteiger partial charge < -0.3 is 79.6 Å². The zero-order valence-electron chi connectivity index (χ0n) is 64.8. The third kappa shape index (κ3) is 18.7. The second-order valence-corrected chi connectivity index (χ2v) is 31.7. The molecule has 582 valence electrons. The first-order valence-electron chi connectivity index (χ1n) is 37.5. The minimum atomic E-state index is -0.684. The van der Waals surface area contributed by atoms with Crippen molar-refractivity contribution in [3.63, 3.8) is 0 Å². The van der Waals surface area contributed by atoms with E-state index in [1.165, 1.54) is 14.2 Å². The molecule has 9 heterocycles. The van der Waals surface area contributed by atoms with Crippen LogP contribution in [0, 0.1) is 23.7 Å². The molecule has 5 aliphatic rings. The van der Waals surface area contributed by atoms with Crippen molar-refractivity contribution in [3.05, 3.63) is 150 Å². The molecule has 110 heavy (non-hydrogen) atoms. The summed E-state index contributed by atoms with van der Waals surface area (Å²) in [6.45, 7) is 25.3. The van der Waals surface area contributed by atoms with E-state index in [-0.39, 0.29) is 102 Å². The number of imidazole rings is 4. The fourth-order valence-corrected chi connectivity index (χ4v) is 14.2. The molecular formula is C80H100BBrN16O12. The van der Waals surface area contributed by atoms with Gasteiger partial charge in [-0.3, -0.25) is 28.8 Å². The number of aromatic amines is 4. The lowest BCUT2D eigenvalue weighted by molar-refractivity contribution is -0.146. The number of carbonyl (C=O) groups is 8. The minimum absolute atomic E-state index is 0.00365. The van der Waals surface area contributed by atoms with Crippen LogP contribution in [-0.4, -0.2) is 190 Å². The molecule has 5 aliphatic heterocycles. The number of benzene rings is 4. The molecule has 0 spiro atoms. The lowest BCUT2D eigenvalue weighted by Gasteiger charge is -2.33. The van der Waals surface area contributed by atoms with Gasteiger partial charge >= 0.3 is 19.3 Å². The quantitative estimate of drug-likeness (QED) is 0.0329. The van der Waals surface area contributed by atoms with Gasteiger partial charge in [0.05, 0.1) is 98.2 Å². The van der Waals surface area contributed by atoms with E-state index in [0.717, 1.165) is 103 Å². The largest absolute Gasteiger partial charge is 0.494 e. The van der Waals surface area contributed by atoms with E-state index in [9.17, 15) is 38.4 Å². The van der Waals surface area contributed by atoms with Crippen LogP contribution < -0.4 is 26.7 Å². The second kappa shape index (κ2) is 34.6. The Morgan fingerprint density at radius 3 is 1.20 bits per heavy atom. The molecule has 30 heteroatoms. The van der Waals surface area contributed by atoms with Crippen LogP contribution in [0.1, 0.15) is 144 Å². The molecule has 4 aromatic carbocycles. The Bertz CT molecular complexity index is 4560. The number of halogens is 1. The highest BCUT2D eigenvalue weighted by Gasteiger charge is 2.52. The van der Waals surface area contributed by atoms with Gasteiger partial charge in [-0.15, -0.1) is 0 Å². The van der Waals surface area contributed by atoms with E-state index in [1.807, 2.05) is 161 Å². The van der Waals surface area contributed by atoms with Crippen LogP contribution in [0.3, 0.4) is 0 Å². The van der Waals surface area contributed by atoms with Crippen molar-refractivity contribution in [1.29, 1.82) is 0 Å². The van der Waals surface area contributed by atoms with E-state index in [0.29, 0.717) is 31.3 Å². The predicted octanol–water partition coefficient (Wildman–Crippen LogP) is 10.4. The first-order chi connectivity index (χ1) is 52.4. The predicted molar refractivity (Wildman–Crippen MR) is 419 cm³/mol. The number of piperazine rings is 2. The third-order valence-corrected chi connectivity index (χ3v) is 21.6. The Kier molecular flexibility index (Phi) is 25.4. The van der Waals surface area contributed by atoms with Crippen molar-refractivity contribution in [3.8, 4) is 56.2 Å². The van der Waals surface area contributed by atoms with Gasteiger partial charge in [-0.1, -0.05) is 156 Å². The van der Waals surface area contributed by atoms with Crippen molar-refractivity contribution < 1.29 is 57.1 Å². The number of amides is 8. The number of rotatable bonds is 20. The molecule has 0 saturated carbocycles.